The van der Waals surface area contributed by atoms with Crippen LogP contribution >= 0.6 is 0 Å². The van der Waals surface area contributed by atoms with Gasteiger partial charge in [0.25, 0.3) is 0 Å². The Balaban J connectivity index is 2.05. The molecule has 7 heteroatoms. The summed E-state index contributed by atoms with van der Waals surface area (Å²) in [6, 6.07) is 3.44. The number of carbonyl (C=O) groups excluding carboxylic acids is 1. The van der Waals surface area contributed by atoms with Crippen LogP contribution in [-0.4, -0.2) is 29.6 Å². The van der Waals surface area contributed by atoms with Gasteiger partial charge >= 0.3 is 5.97 Å². The fourth-order valence-corrected chi connectivity index (χ4v) is 2.35. The summed E-state index contributed by atoms with van der Waals surface area (Å²) in [6.45, 7) is 0.588. The number of carbonyl (C=O) groups is 2. The van der Waals surface area contributed by atoms with E-state index in [2.05, 4.69) is 0 Å². The van der Waals surface area contributed by atoms with E-state index < -0.39 is 23.7 Å². The van der Waals surface area contributed by atoms with Gasteiger partial charge in [-0.2, -0.15) is 0 Å². The van der Waals surface area contributed by atoms with Gasteiger partial charge in [-0.25, -0.2) is 9.18 Å². The lowest BCUT2D eigenvalue weighted by molar-refractivity contribution is -0.120. The Morgan fingerprint density at radius 3 is 2.70 bits per heavy atom. The van der Waals surface area contributed by atoms with Crippen LogP contribution in [0.5, 0.6) is 0 Å². The highest BCUT2D eigenvalue weighted by molar-refractivity contribution is 5.93. The Morgan fingerprint density at radius 1 is 1.40 bits per heavy atom. The molecule has 6 nitrogen and oxygen atoms in total. The van der Waals surface area contributed by atoms with E-state index in [0.717, 1.165) is 6.07 Å². The van der Waals surface area contributed by atoms with Crippen LogP contribution in [-0.2, 0) is 4.79 Å². The predicted octanol–water partition coefficient (Wildman–Crippen LogP) is 1.33. The van der Waals surface area contributed by atoms with E-state index in [1.807, 2.05) is 0 Å². The van der Waals surface area contributed by atoms with Crippen molar-refractivity contribution in [2.75, 3.05) is 11.4 Å². The van der Waals surface area contributed by atoms with Crippen molar-refractivity contribution in [3.63, 3.8) is 0 Å². The summed E-state index contributed by atoms with van der Waals surface area (Å²) >= 11 is 0. The number of halogens is 1. The van der Waals surface area contributed by atoms with E-state index in [0.29, 0.717) is 18.7 Å². The Hall–Kier alpha value is -2.57. The van der Waals surface area contributed by atoms with Crippen molar-refractivity contribution in [2.24, 2.45) is 5.73 Å². The normalized spacial score (nSPS) is 18.1. The zero-order valence-corrected chi connectivity index (χ0v) is 10.3. The lowest BCUT2D eigenvalue weighted by Gasteiger charge is -2.40. The molecule has 1 aliphatic heterocycles. The van der Waals surface area contributed by atoms with Gasteiger partial charge in [0, 0.05) is 24.4 Å². The second-order valence-corrected chi connectivity index (χ2v) is 4.66. The maximum atomic E-state index is 14.0. The lowest BCUT2D eigenvalue weighted by Crippen LogP contribution is -2.55. The lowest BCUT2D eigenvalue weighted by atomic mass is 10.0. The van der Waals surface area contributed by atoms with Crippen molar-refractivity contribution >= 4 is 28.5 Å². The molecule has 0 spiro atoms. The number of hydrogen-bond acceptors (Lipinski definition) is 4. The molecule has 1 saturated heterocycles. The highest BCUT2D eigenvalue weighted by atomic mass is 19.1. The van der Waals surface area contributed by atoms with Gasteiger partial charge in [0.1, 0.15) is 17.4 Å². The summed E-state index contributed by atoms with van der Waals surface area (Å²) in [7, 11) is 0. The Kier molecular flexibility index (Phi) is 2.63. The summed E-state index contributed by atoms with van der Waals surface area (Å²) in [6.07, 6.45) is 0.619. The molecule has 0 bridgehead atoms. The fourth-order valence-electron chi connectivity index (χ4n) is 2.35. The number of benzene rings is 1. The van der Waals surface area contributed by atoms with Gasteiger partial charge in [0.2, 0.25) is 11.7 Å². The molecule has 1 unspecified atom stereocenters. The second kappa shape index (κ2) is 4.22. The van der Waals surface area contributed by atoms with E-state index in [4.69, 9.17) is 15.3 Å². The zero-order chi connectivity index (χ0) is 14.4. The summed E-state index contributed by atoms with van der Waals surface area (Å²) in [5.74, 6) is -2.65. The van der Waals surface area contributed by atoms with Crippen LogP contribution in [0.15, 0.2) is 22.6 Å². The average Bonchev–Trinajstić information content (AvgIpc) is 2.71. The van der Waals surface area contributed by atoms with Crippen molar-refractivity contribution in [1.29, 1.82) is 0 Å². The molecule has 104 valence electrons. The Morgan fingerprint density at radius 2 is 2.15 bits per heavy atom. The molecule has 3 N–H and O–H groups in total. The summed E-state index contributed by atoms with van der Waals surface area (Å²) in [5.41, 5.74) is 5.83. The molecule has 0 aliphatic carbocycles. The summed E-state index contributed by atoms with van der Waals surface area (Å²) in [4.78, 5) is 23.7. The van der Waals surface area contributed by atoms with Gasteiger partial charge in [-0.1, -0.05) is 0 Å². The minimum absolute atomic E-state index is 0.0994. The molecule has 3 rings (SSSR count). The highest BCUT2D eigenvalue weighted by Gasteiger charge is 2.33. The van der Waals surface area contributed by atoms with E-state index >= 15 is 0 Å². The first-order valence-corrected chi connectivity index (χ1v) is 5.99. The quantitative estimate of drug-likeness (QED) is 0.882. The first kappa shape index (κ1) is 12.5. The third-order valence-corrected chi connectivity index (χ3v) is 3.46. The predicted molar refractivity (Wildman–Crippen MR) is 68.1 cm³/mol. The number of anilines is 1. The average molecular weight is 278 g/mol. The molecule has 1 fully saturated rings. The molecule has 1 amide bonds. The molecule has 2 aromatic rings. The number of aromatic carboxylic acids is 1. The maximum absolute atomic E-state index is 14.0. The fraction of sp³-hybridized carbons (Fsp3) is 0.231. The largest absolute Gasteiger partial charge is 0.475 e. The topological polar surface area (TPSA) is 96.8 Å². The third kappa shape index (κ3) is 1.78. The van der Waals surface area contributed by atoms with Crippen LogP contribution in [0.4, 0.5) is 10.1 Å². The number of rotatable bonds is 3. The van der Waals surface area contributed by atoms with Crippen LogP contribution < -0.4 is 10.6 Å². The van der Waals surface area contributed by atoms with Crippen LogP contribution in [0.25, 0.3) is 11.0 Å². The van der Waals surface area contributed by atoms with Crippen molar-refractivity contribution in [3.05, 3.63) is 29.8 Å². The SMILES string of the molecule is NC(=O)C1CCN1c1cc(F)c2cc(C(=O)O)oc2c1. The van der Waals surface area contributed by atoms with Crippen LogP contribution in [0, 0.1) is 5.82 Å². The van der Waals surface area contributed by atoms with E-state index in [9.17, 15) is 14.0 Å². The molecule has 2 heterocycles. The Bertz CT molecular complexity index is 724. The number of primary amides is 1. The first-order valence-electron chi connectivity index (χ1n) is 5.99. The molecule has 1 aromatic carbocycles. The van der Waals surface area contributed by atoms with E-state index in [-0.39, 0.29) is 16.7 Å². The molecule has 0 radical (unpaired) electrons. The highest BCUT2D eigenvalue weighted by Crippen LogP contribution is 2.32. The van der Waals surface area contributed by atoms with Crippen molar-refractivity contribution in [1.82, 2.24) is 0 Å². The molecule has 20 heavy (non-hydrogen) atoms. The van der Waals surface area contributed by atoms with Crippen LogP contribution in [0.1, 0.15) is 17.0 Å². The maximum Gasteiger partial charge on any atom is 0.371 e. The zero-order valence-electron chi connectivity index (χ0n) is 10.3. The van der Waals surface area contributed by atoms with Crippen LogP contribution in [0.2, 0.25) is 0 Å². The molecule has 1 aromatic heterocycles. The minimum atomic E-state index is -1.26. The monoisotopic (exact) mass is 278 g/mol. The third-order valence-electron chi connectivity index (χ3n) is 3.46. The second-order valence-electron chi connectivity index (χ2n) is 4.66. The van der Waals surface area contributed by atoms with Gasteiger partial charge in [0.15, 0.2) is 0 Å². The van der Waals surface area contributed by atoms with Crippen molar-refractivity contribution in [2.45, 2.75) is 12.5 Å². The standard InChI is InChI=1S/C13H11FN2O4/c14-8-3-6(16-2-1-9(16)12(15)17)4-10-7(8)5-11(20-10)13(18)19/h3-5,9H,1-2H2,(H2,15,17)(H,18,19). The molecule has 1 atom stereocenters. The van der Waals surface area contributed by atoms with Crippen LogP contribution in [0.3, 0.4) is 0 Å². The molecule has 1 aliphatic rings. The number of fused-ring (bicyclic) bond motifs is 1. The smallest absolute Gasteiger partial charge is 0.371 e. The molecule has 0 saturated carbocycles. The first-order chi connectivity index (χ1) is 9.47. The number of hydrogen-bond donors (Lipinski definition) is 2. The Labute approximate surface area is 112 Å². The number of carboxylic acids is 1. The minimum Gasteiger partial charge on any atom is -0.475 e. The van der Waals surface area contributed by atoms with Gasteiger partial charge in [0.05, 0.1) is 5.39 Å². The van der Waals surface area contributed by atoms with Gasteiger partial charge in [-0.05, 0) is 12.5 Å². The number of carboxylic acid groups (broad SMARTS) is 1. The van der Waals surface area contributed by atoms with Crippen molar-refractivity contribution < 1.29 is 23.5 Å². The number of furan rings is 1. The van der Waals surface area contributed by atoms with Gasteiger partial charge in [-0.3, -0.25) is 4.79 Å². The number of amides is 1. The van der Waals surface area contributed by atoms with E-state index in [1.165, 1.54) is 12.1 Å². The number of nitrogens with two attached hydrogens (primary N) is 1. The van der Waals surface area contributed by atoms with Gasteiger partial charge in [-0.15, -0.1) is 0 Å². The van der Waals surface area contributed by atoms with Crippen molar-refractivity contribution in [3.8, 4) is 0 Å². The molecular weight excluding hydrogens is 267 g/mol. The summed E-state index contributed by atoms with van der Waals surface area (Å²) < 4.78 is 19.1. The molecular formula is C13H11FN2O4. The number of nitrogens with zero attached hydrogens (tertiary/aromatic N) is 1. The van der Waals surface area contributed by atoms with Gasteiger partial charge < -0.3 is 20.2 Å². The van der Waals surface area contributed by atoms with E-state index in [1.54, 1.807) is 4.90 Å². The summed E-state index contributed by atoms with van der Waals surface area (Å²) in [5, 5.41) is 8.94.